The first-order valence-corrected chi connectivity index (χ1v) is 12.4. The molecule has 168 valence electrons. The van der Waals surface area contributed by atoms with Gasteiger partial charge in [-0.05, 0) is 36.8 Å². The zero-order valence-electron chi connectivity index (χ0n) is 18.0. The molecular formula is C22H28ClN3O4S. The number of ether oxygens (including phenoxy) is 1. The predicted molar refractivity (Wildman–Crippen MR) is 125 cm³/mol. The van der Waals surface area contributed by atoms with Crippen LogP contribution in [0.5, 0.6) is 5.75 Å². The number of nitrogens with zero attached hydrogens (tertiary/aromatic N) is 3. The number of hydrogen-bond donors (Lipinski definition) is 0. The number of sulfonamides is 1. The van der Waals surface area contributed by atoms with Gasteiger partial charge in [0.15, 0.2) is 0 Å². The topological polar surface area (TPSA) is 70.2 Å². The first-order chi connectivity index (χ1) is 14.8. The number of amides is 1. The van der Waals surface area contributed by atoms with Crippen molar-refractivity contribution < 1.29 is 17.9 Å². The molecule has 1 aliphatic heterocycles. The van der Waals surface area contributed by atoms with Gasteiger partial charge in [0.2, 0.25) is 15.9 Å². The number of carbonyl (C=O) groups excluding carboxylic acids is 1. The first-order valence-electron chi connectivity index (χ1n) is 10.2. The van der Waals surface area contributed by atoms with E-state index in [1.807, 2.05) is 31.2 Å². The van der Waals surface area contributed by atoms with Gasteiger partial charge in [0, 0.05) is 31.2 Å². The maximum absolute atomic E-state index is 13.4. The van der Waals surface area contributed by atoms with Gasteiger partial charge in [-0.1, -0.05) is 36.7 Å². The number of hydrogen-bond acceptors (Lipinski definition) is 5. The highest BCUT2D eigenvalue weighted by Crippen LogP contribution is 2.29. The molecule has 3 rings (SSSR count). The van der Waals surface area contributed by atoms with Gasteiger partial charge in [0.05, 0.1) is 24.7 Å². The fraction of sp³-hybridized carbons (Fsp3) is 0.409. The number of rotatable bonds is 7. The highest BCUT2D eigenvalue weighted by atomic mass is 35.5. The van der Waals surface area contributed by atoms with E-state index < -0.39 is 16.1 Å². The Kier molecular flexibility index (Phi) is 7.33. The monoisotopic (exact) mass is 465 g/mol. The summed E-state index contributed by atoms with van der Waals surface area (Å²) >= 11 is 6.08. The number of anilines is 2. The molecule has 1 heterocycles. The van der Waals surface area contributed by atoms with Crippen LogP contribution in [0.15, 0.2) is 48.5 Å². The predicted octanol–water partition coefficient (Wildman–Crippen LogP) is 3.24. The van der Waals surface area contributed by atoms with E-state index in [0.717, 1.165) is 17.7 Å². The summed E-state index contributed by atoms with van der Waals surface area (Å²) in [5.74, 6) is 0.588. The number of methoxy groups -OCH3 is 1. The maximum atomic E-state index is 13.4. The van der Waals surface area contributed by atoms with Gasteiger partial charge in [-0.2, -0.15) is 0 Å². The average Bonchev–Trinajstić information content (AvgIpc) is 2.76. The Labute approximate surface area is 189 Å². The van der Waals surface area contributed by atoms with E-state index in [2.05, 4.69) is 4.90 Å². The van der Waals surface area contributed by atoms with Crippen LogP contribution in [-0.2, 0) is 14.8 Å². The zero-order chi connectivity index (χ0) is 22.6. The van der Waals surface area contributed by atoms with Crippen LogP contribution in [-0.4, -0.2) is 64.8 Å². The SMILES string of the molecule is CCC(C(=O)N1CCN(c2ccccc2OC)CC1)N(c1cccc(Cl)c1)S(C)(=O)=O. The highest BCUT2D eigenvalue weighted by molar-refractivity contribution is 7.92. The molecule has 0 saturated carbocycles. The normalized spacial score (nSPS) is 15.5. The lowest BCUT2D eigenvalue weighted by atomic mass is 10.1. The van der Waals surface area contributed by atoms with Gasteiger partial charge in [-0.15, -0.1) is 0 Å². The van der Waals surface area contributed by atoms with Gasteiger partial charge in [-0.25, -0.2) is 8.42 Å². The molecule has 31 heavy (non-hydrogen) atoms. The standard InChI is InChI=1S/C22H28ClN3O4S/c1-4-19(26(31(3,28)29)18-9-7-8-17(23)16-18)22(27)25-14-12-24(13-15-25)20-10-5-6-11-21(20)30-2/h5-11,16,19H,4,12-15H2,1-3H3. The van der Waals surface area contributed by atoms with Crippen molar-refractivity contribution in [3.63, 3.8) is 0 Å². The van der Waals surface area contributed by atoms with Crippen LogP contribution in [0.4, 0.5) is 11.4 Å². The fourth-order valence-electron chi connectivity index (χ4n) is 3.93. The van der Waals surface area contributed by atoms with E-state index in [4.69, 9.17) is 16.3 Å². The van der Waals surface area contributed by atoms with Crippen LogP contribution < -0.4 is 13.9 Å². The Hall–Kier alpha value is -2.45. The van der Waals surface area contributed by atoms with Crippen molar-refractivity contribution in [2.24, 2.45) is 0 Å². The minimum absolute atomic E-state index is 0.201. The lowest BCUT2D eigenvalue weighted by Crippen LogP contribution is -2.56. The molecular weight excluding hydrogens is 438 g/mol. The van der Waals surface area contributed by atoms with Crippen LogP contribution in [0.2, 0.25) is 5.02 Å². The third kappa shape index (κ3) is 5.25. The minimum atomic E-state index is -3.69. The summed E-state index contributed by atoms with van der Waals surface area (Å²) in [6.45, 7) is 4.09. The molecule has 2 aromatic carbocycles. The molecule has 7 nitrogen and oxygen atoms in total. The van der Waals surface area contributed by atoms with Crippen molar-refractivity contribution in [2.75, 3.05) is 48.7 Å². The molecule has 0 N–H and O–H groups in total. The smallest absolute Gasteiger partial charge is 0.246 e. The molecule has 0 spiro atoms. The van der Waals surface area contributed by atoms with Crippen molar-refractivity contribution in [2.45, 2.75) is 19.4 Å². The van der Waals surface area contributed by atoms with E-state index >= 15 is 0 Å². The van der Waals surface area contributed by atoms with E-state index in [9.17, 15) is 13.2 Å². The van der Waals surface area contributed by atoms with Gasteiger partial charge >= 0.3 is 0 Å². The van der Waals surface area contributed by atoms with Gasteiger partial charge in [0.1, 0.15) is 11.8 Å². The lowest BCUT2D eigenvalue weighted by molar-refractivity contribution is -0.132. The molecule has 0 radical (unpaired) electrons. The van der Waals surface area contributed by atoms with Crippen LogP contribution in [0.25, 0.3) is 0 Å². The molecule has 0 bridgehead atoms. The molecule has 1 saturated heterocycles. The van der Waals surface area contributed by atoms with Crippen molar-refractivity contribution in [1.82, 2.24) is 4.90 Å². The van der Waals surface area contributed by atoms with Crippen LogP contribution in [0, 0.1) is 0 Å². The Morgan fingerprint density at radius 3 is 2.39 bits per heavy atom. The Balaban J connectivity index is 1.79. The van der Waals surface area contributed by atoms with Crippen molar-refractivity contribution in [3.8, 4) is 5.75 Å². The Morgan fingerprint density at radius 2 is 1.81 bits per heavy atom. The molecule has 1 fully saturated rings. The number of piperazine rings is 1. The summed E-state index contributed by atoms with van der Waals surface area (Å²) in [5, 5.41) is 0.416. The quantitative estimate of drug-likeness (QED) is 0.627. The van der Waals surface area contributed by atoms with E-state index in [-0.39, 0.29) is 5.91 Å². The maximum Gasteiger partial charge on any atom is 0.246 e. The third-order valence-corrected chi connectivity index (χ3v) is 6.81. The number of carbonyl (C=O) groups is 1. The molecule has 2 aromatic rings. The Bertz CT molecular complexity index is 1020. The van der Waals surface area contributed by atoms with Crippen LogP contribution in [0.1, 0.15) is 13.3 Å². The van der Waals surface area contributed by atoms with E-state index in [0.29, 0.717) is 43.3 Å². The zero-order valence-corrected chi connectivity index (χ0v) is 19.6. The second-order valence-electron chi connectivity index (χ2n) is 7.45. The van der Waals surface area contributed by atoms with Crippen molar-refractivity contribution >= 4 is 38.9 Å². The lowest BCUT2D eigenvalue weighted by Gasteiger charge is -2.39. The molecule has 1 amide bonds. The largest absolute Gasteiger partial charge is 0.495 e. The van der Waals surface area contributed by atoms with Gasteiger partial charge in [-0.3, -0.25) is 9.10 Å². The van der Waals surface area contributed by atoms with E-state index in [1.165, 1.54) is 4.31 Å². The fourth-order valence-corrected chi connectivity index (χ4v) is 5.31. The van der Waals surface area contributed by atoms with Crippen molar-refractivity contribution in [1.29, 1.82) is 0 Å². The summed E-state index contributed by atoms with van der Waals surface area (Å²) in [4.78, 5) is 17.3. The Morgan fingerprint density at radius 1 is 1.13 bits per heavy atom. The summed E-state index contributed by atoms with van der Waals surface area (Å²) < 4.78 is 31.9. The summed E-state index contributed by atoms with van der Waals surface area (Å²) in [7, 11) is -2.05. The second kappa shape index (κ2) is 9.78. The van der Waals surface area contributed by atoms with Crippen molar-refractivity contribution in [3.05, 3.63) is 53.6 Å². The third-order valence-electron chi connectivity index (χ3n) is 5.39. The number of para-hydroxylation sites is 2. The van der Waals surface area contributed by atoms with E-state index in [1.54, 1.807) is 36.3 Å². The number of benzene rings is 2. The second-order valence-corrected chi connectivity index (χ2v) is 9.74. The number of halogens is 1. The minimum Gasteiger partial charge on any atom is -0.495 e. The van der Waals surface area contributed by atoms with Gasteiger partial charge in [0.25, 0.3) is 0 Å². The van der Waals surface area contributed by atoms with Gasteiger partial charge < -0.3 is 14.5 Å². The molecule has 0 aromatic heterocycles. The average molecular weight is 466 g/mol. The molecule has 1 unspecified atom stereocenters. The molecule has 0 aliphatic carbocycles. The van der Waals surface area contributed by atoms with Crippen LogP contribution >= 0.6 is 11.6 Å². The summed E-state index contributed by atoms with van der Waals surface area (Å²) in [5.41, 5.74) is 1.38. The molecule has 1 atom stereocenters. The highest BCUT2D eigenvalue weighted by Gasteiger charge is 2.35. The summed E-state index contributed by atoms with van der Waals surface area (Å²) in [6, 6.07) is 13.5. The van der Waals surface area contributed by atoms with Crippen LogP contribution in [0.3, 0.4) is 0 Å². The summed E-state index contributed by atoms with van der Waals surface area (Å²) in [6.07, 6.45) is 1.47. The first kappa shape index (κ1) is 23.2. The molecule has 9 heteroatoms. The molecule has 1 aliphatic rings.